The van der Waals surface area contributed by atoms with Gasteiger partial charge in [-0.15, -0.1) is 0 Å². The topological polar surface area (TPSA) is 26.0 Å². The summed E-state index contributed by atoms with van der Waals surface area (Å²) in [5.74, 6) is 0.806. The van der Waals surface area contributed by atoms with Gasteiger partial charge in [-0.1, -0.05) is 27.2 Å². The molecule has 0 amide bonds. The van der Waals surface area contributed by atoms with E-state index in [0.717, 1.165) is 12.3 Å². The fourth-order valence-corrected chi connectivity index (χ4v) is 0.850. The SMILES string of the molecule is CC[C@@H](C)C[C@H](N)CC. The van der Waals surface area contributed by atoms with Crippen LogP contribution in [0, 0.1) is 5.92 Å². The molecule has 0 fully saturated rings. The molecule has 0 spiro atoms. The third-order valence-electron chi connectivity index (χ3n) is 1.93. The van der Waals surface area contributed by atoms with Crippen LogP contribution in [0.4, 0.5) is 0 Å². The van der Waals surface area contributed by atoms with Crippen LogP contribution in [0.2, 0.25) is 0 Å². The third-order valence-corrected chi connectivity index (χ3v) is 1.93. The van der Waals surface area contributed by atoms with Gasteiger partial charge in [-0.3, -0.25) is 0 Å². The van der Waals surface area contributed by atoms with Crippen molar-refractivity contribution in [1.29, 1.82) is 0 Å². The molecule has 0 aromatic rings. The zero-order chi connectivity index (χ0) is 7.28. The van der Waals surface area contributed by atoms with Crippen molar-refractivity contribution in [2.45, 2.75) is 46.1 Å². The van der Waals surface area contributed by atoms with Gasteiger partial charge < -0.3 is 5.73 Å². The first-order chi connectivity index (χ1) is 4.20. The molecule has 0 saturated carbocycles. The monoisotopic (exact) mass is 129 g/mol. The summed E-state index contributed by atoms with van der Waals surface area (Å²) in [6, 6.07) is 0.431. The molecule has 0 unspecified atom stereocenters. The molecular formula is C8H19N. The van der Waals surface area contributed by atoms with E-state index < -0.39 is 0 Å². The van der Waals surface area contributed by atoms with Gasteiger partial charge in [0, 0.05) is 6.04 Å². The third kappa shape index (κ3) is 4.46. The van der Waals surface area contributed by atoms with Gasteiger partial charge in [0.2, 0.25) is 0 Å². The molecule has 0 saturated heterocycles. The van der Waals surface area contributed by atoms with E-state index in [1.54, 1.807) is 0 Å². The minimum Gasteiger partial charge on any atom is -0.328 e. The van der Waals surface area contributed by atoms with Crippen LogP contribution in [0.25, 0.3) is 0 Å². The van der Waals surface area contributed by atoms with E-state index >= 15 is 0 Å². The Hall–Kier alpha value is -0.0400. The van der Waals surface area contributed by atoms with Crippen LogP contribution >= 0.6 is 0 Å². The van der Waals surface area contributed by atoms with Gasteiger partial charge in [-0.2, -0.15) is 0 Å². The van der Waals surface area contributed by atoms with Gasteiger partial charge in [0.1, 0.15) is 0 Å². The van der Waals surface area contributed by atoms with E-state index in [4.69, 9.17) is 5.73 Å². The molecule has 2 atom stereocenters. The van der Waals surface area contributed by atoms with E-state index in [2.05, 4.69) is 20.8 Å². The second-order valence-corrected chi connectivity index (χ2v) is 2.92. The van der Waals surface area contributed by atoms with E-state index in [1.807, 2.05) is 0 Å². The van der Waals surface area contributed by atoms with Crippen LogP contribution in [0.1, 0.15) is 40.0 Å². The Labute approximate surface area is 58.6 Å². The molecule has 0 aromatic carbocycles. The van der Waals surface area contributed by atoms with E-state index in [0.29, 0.717) is 6.04 Å². The molecule has 0 bridgehead atoms. The minimum absolute atomic E-state index is 0.431. The van der Waals surface area contributed by atoms with Crippen molar-refractivity contribution in [3.05, 3.63) is 0 Å². The first-order valence-corrected chi connectivity index (χ1v) is 3.96. The van der Waals surface area contributed by atoms with E-state index in [-0.39, 0.29) is 0 Å². The van der Waals surface area contributed by atoms with Crippen LogP contribution in [-0.4, -0.2) is 6.04 Å². The lowest BCUT2D eigenvalue weighted by Gasteiger charge is -2.12. The molecule has 2 N–H and O–H groups in total. The predicted molar refractivity (Wildman–Crippen MR) is 42.3 cm³/mol. The van der Waals surface area contributed by atoms with E-state index in [9.17, 15) is 0 Å². The number of nitrogens with two attached hydrogens (primary N) is 1. The summed E-state index contributed by atoms with van der Waals surface area (Å²) >= 11 is 0. The van der Waals surface area contributed by atoms with Gasteiger partial charge in [0.05, 0.1) is 0 Å². The van der Waals surface area contributed by atoms with Crippen molar-refractivity contribution >= 4 is 0 Å². The summed E-state index contributed by atoms with van der Waals surface area (Å²) in [5.41, 5.74) is 5.75. The van der Waals surface area contributed by atoms with Crippen LogP contribution < -0.4 is 5.73 Å². The molecule has 0 aliphatic carbocycles. The predicted octanol–water partition coefficient (Wildman–Crippen LogP) is 2.16. The first-order valence-electron chi connectivity index (χ1n) is 3.96. The lowest BCUT2D eigenvalue weighted by Crippen LogP contribution is -2.21. The van der Waals surface area contributed by atoms with E-state index in [1.165, 1.54) is 12.8 Å². The van der Waals surface area contributed by atoms with Crippen LogP contribution in [-0.2, 0) is 0 Å². The van der Waals surface area contributed by atoms with Crippen LogP contribution in [0.3, 0.4) is 0 Å². The molecule has 0 aromatic heterocycles. The van der Waals surface area contributed by atoms with Crippen molar-refractivity contribution < 1.29 is 0 Å². The smallest absolute Gasteiger partial charge is 0.00387 e. The fourth-order valence-electron chi connectivity index (χ4n) is 0.850. The number of rotatable bonds is 4. The molecule has 1 heteroatoms. The highest BCUT2D eigenvalue weighted by atomic mass is 14.6. The minimum atomic E-state index is 0.431. The second kappa shape index (κ2) is 4.80. The maximum Gasteiger partial charge on any atom is 0.00387 e. The maximum absolute atomic E-state index is 5.75. The summed E-state index contributed by atoms with van der Waals surface area (Å²) in [4.78, 5) is 0. The Morgan fingerprint density at radius 3 is 2.11 bits per heavy atom. The highest BCUT2D eigenvalue weighted by Crippen LogP contribution is 2.09. The lowest BCUT2D eigenvalue weighted by molar-refractivity contribution is 0.445. The van der Waals surface area contributed by atoms with Gasteiger partial charge in [0.15, 0.2) is 0 Å². The second-order valence-electron chi connectivity index (χ2n) is 2.92. The Kier molecular flexibility index (Phi) is 4.78. The fraction of sp³-hybridized carbons (Fsp3) is 1.00. The summed E-state index contributed by atoms with van der Waals surface area (Å²) in [6.07, 6.45) is 3.56. The highest BCUT2D eigenvalue weighted by Gasteiger charge is 2.03. The largest absolute Gasteiger partial charge is 0.328 e. The number of hydrogen-bond acceptors (Lipinski definition) is 1. The zero-order valence-electron chi connectivity index (χ0n) is 6.85. The molecule has 0 aliphatic heterocycles. The summed E-state index contributed by atoms with van der Waals surface area (Å²) in [7, 11) is 0. The van der Waals surface area contributed by atoms with Gasteiger partial charge >= 0.3 is 0 Å². The lowest BCUT2D eigenvalue weighted by atomic mass is 9.99. The quantitative estimate of drug-likeness (QED) is 0.618. The maximum atomic E-state index is 5.75. The normalized spacial score (nSPS) is 17.3. The molecule has 0 aliphatic rings. The zero-order valence-corrected chi connectivity index (χ0v) is 6.85. The molecule has 0 radical (unpaired) electrons. The van der Waals surface area contributed by atoms with Crippen LogP contribution in [0.5, 0.6) is 0 Å². The Morgan fingerprint density at radius 1 is 1.22 bits per heavy atom. The standard InChI is InChI=1S/C8H19N/c1-4-7(3)6-8(9)5-2/h7-8H,4-6,9H2,1-3H3/t7-,8-/m1/s1. The van der Waals surface area contributed by atoms with Crippen molar-refractivity contribution in [3.8, 4) is 0 Å². The summed E-state index contributed by atoms with van der Waals surface area (Å²) < 4.78 is 0. The Balaban J connectivity index is 3.22. The average molecular weight is 129 g/mol. The van der Waals surface area contributed by atoms with Gasteiger partial charge in [-0.25, -0.2) is 0 Å². The Bertz CT molecular complexity index is 53.6. The molecular weight excluding hydrogens is 110 g/mol. The number of hydrogen-bond donors (Lipinski definition) is 1. The molecule has 1 nitrogen and oxygen atoms in total. The van der Waals surface area contributed by atoms with Gasteiger partial charge in [0.25, 0.3) is 0 Å². The van der Waals surface area contributed by atoms with Gasteiger partial charge in [-0.05, 0) is 18.8 Å². The molecule has 9 heavy (non-hydrogen) atoms. The highest BCUT2D eigenvalue weighted by molar-refractivity contribution is 4.61. The van der Waals surface area contributed by atoms with Crippen LogP contribution in [0.15, 0.2) is 0 Å². The van der Waals surface area contributed by atoms with Crippen molar-refractivity contribution in [2.24, 2.45) is 11.7 Å². The Morgan fingerprint density at radius 2 is 1.78 bits per heavy atom. The summed E-state index contributed by atoms with van der Waals surface area (Å²) in [5, 5.41) is 0. The first kappa shape index (κ1) is 8.96. The average Bonchev–Trinajstić information content (AvgIpc) is 1.87. The molecule has 56 valence electrons. The van der Waals surface area contributed by atoms with Crippen molar-refractivity contribution in [3.63, 3.8) is 0 Å². The summed E-state index contributed by atoms with van der Waals surface area (Å²) in [6.45, 7) is 6.62. The van der Waals surface area contributed by atoms with Crippen molar-refractivity contribution in [2.75, 3.05) is 0 Å². The molecule has 0 rings (SSSR count). The molecule has 0 heterocycles. The van der Waals surface area contributed by atoms with Crippen molar-refractivity contribution in [1.82, 2.24) is 0 Å².